The number of halogens is 1. The van der Waals surface area contributed by atoms with Crippen molar-refractivity contribution in [1.29, 1.82) is 0 Å². The van der Waals surface area contributed by atoms with Gasteiger partial charge in [0.1, 0.15) is 0 Å². The van der Waals surface area contributed by atoms with Gasteiger partial charge in [0.2, 0.25) is 0 Å². The van der Waals surface area contributed by atoms with Gasteiger partial charge < -0.3 is 0 Å². The maximum atomic E-state index is 12.5. The second-order valence-corrected chi connectivity index (χ2v) is 3.94. The molecule has 14 heavy (non-hydrogen) atoms. The minimum atomic E-state index is -0.234. The van der Waals surface area contributed by atoms with E-state index >= 15 is 0 Å². The Morgan fingerprint density at radius 2 is 2.07 bits per heavy atom. The highest BCUT2D eigenvalue weighted by molar-refractivity contribution is 5.34. The fourth-order valence-corrected chi connectivity index (χ4v) is 1.60. The van der Waals surface area contributed by atoms with Gasteiger partial charge in [-0.2, -0.15) is 0 Å². The van der Waals surface area contributed by atoms with E-state index in [0.29, 0.717) is 6.42 Å². The molecule has 0 aromatic carbocycles. The number of hydrogen-bond donors (Lipinski definition) is 0. The molecule has 0 spiro atoms. The molecular weight excluding hydrogens is 175 g/mol. The second kappa shape index (κ2) is 4.94. The molecule has 0 saturated heterocycles. The van der Waals surface area contributed by atoms with Gasteiger partial charge in [0, 0.05) is 6.42 Å². The first-order valence-corrected chi connectivity index (χ1v) is 4.94. The van der Waals surface area contributed by atoms with Crippen LogP contribution in [0.5, 0.6) is 0 Å². The Balaban J connectivity index is 2.67. The van der Waals surface area contributed by atoms with E-state index in [1.165, 1.54) is 16.7 Å². The molecule has 0 saturated carbocycles. The molecule has 0 aliphatic heterocycles. The van der Waals surface area contributed by atoms with Gasteiger partial charge in [-0.25, -0.2) is 4.39 Å². The predicted molar refractivity (Wildman–Crippen MR) is 59.7 cm³/mol. The first-order chi connectivity index (χ1) is 6.58. The molecule has 0 amide bonds. The lowest BCUT2D eigenvalue weighted by atomic mass is 10.1. The first-order valence-electron chi connectivity index (χ1n) is 4.94. The maximum absolute atomic E-state index is 12.5. The van der Waals surface area contributed by atoms with Crippen molar-refractivity contribution < 1.29 is 4.39 Å². The summed E-state index contributed by atoms with van der Waals surface area (Å²) in [5, 5.41) is 0. The zero-order chi connectivity index (χ0) is 10.6. The average Bonchev–Trinajstić information content (AvgIpc) is 2.23. The summed E-state index contributed by atoms with van der Waals surface area (Å²) < 4.78 is 12.5. The quantitative estimate of drug-likeness (QED) is 0.618. The van der Waals surface area contributed by atoms with E-state index in [9.17, 15) is 4.39 Å². The van der Waals surface area contributed by atoms with E-state index in [-0.39, 0.29) is 5.83 Å². The molecule has 0 atom stereocenters. The normalized spacial score (nSPS) is 16.6. The summed E-state index contributed by atoms with van der Waals surface area (Å²) in [6.07, 6.45) is 8.55. The Morgan fingerprint density at radius 1 is 1.36 bits per heavy atom. The molecule has 0 bridgehead atoms. The minimum Gasteiger partial charge on any atom is -0.212 e. The van der Waals surface area contributed by atoms with Crippen LogP contribution in [-0.4, -0.2) is 0 Å². The van der Waals surface area contributed by atoms with E-state index in [2.05, 4.69) is 38.7 Å². The van der Waals surface area contributed by atoms with Crippen molar-refractivity contribution in [1.82, 2.24) is 0 Å². The third-order valence-corrected chi connectivity index (χ3v) is 2.26. The van der Waals surface area contributed by atoms with Crippen LogP contribution in [-0.2, 0) is 0 Å². The van der Waals surface area contributed by atoms with Crippen molar-refractivity contribution >= 4 is 0 Å². The predicted octanol–water partition coefficient (Wildman–Crippen LogP) is 4.47. The maximum Gasteiger partial charge on any atom is 0.0931 e. The number of allylic oxidation sites excluding steroid dienone is 7. The van der Waals surface area contributed by atoms with Crippen LogP contribution < -0.4 is 0 Å². The van der Waals surface area contributed by atoms with Gasteiger partial charge in [0.25, 0.3) is 0 Å². The monoisotopic (exact) mass is 192 g/mol. The Labute approximate surface area is 85.5 Å². The van der Waals surface area contributed by atoms with Crippen molar-refractivity contribution in [3.63, 3.8) is 0 Å². The van der Waals surface area contributed by atoms with Crippen LogP contribution in [0.2, 0.25) is 0 Å². The third-order valence-electron chi connectivity index (χ3n) is 2.26. The summed E-state index contributed by atoms with van der Waals surface area (Å²) in [5.41, 5.74) is 3.89. The third kappa shape index (κ3) is 3.73. The molecule has 0 fully saturated rings. The molecule has 0 aromatic rings. The van der Waals surface area contributed by atoms with E-state index in [1.807, 2.05) is 0 Å². The lowest BCUT2D eigenvalue weighted by Gasteiger charge is -2.00. The molecule has 76 valence electrons. The molecule has 1 aliphatic carbocycles. The summed E-state index contributed by atoms with van der Waals surface area (Å²) in [7, 11) is 0. The summed E-state index contributed by atoms with van der Waals surface area (Å²) >= 11 is 0. The SMILES string of the molecule is C=C(F)CCC1=CC=C(C)CC(C)=C1. The van der Waals surface area contributed by atoms with Gasteiger partial charge in [0.05, 0.1) is 5.83 Å². The highest BCUT2D eigenvalue weighted by Crippen LogP contribution is 2.21. The lowest BCUT2D eigenvalue weighted by Crippen LogP contribution is -1.81. The molecule has 0 radical (unpaired) electrons. The largest absolute Gasteiger partial charge is 0.212 e. The zero-order valence-electron chi connectivity index (χ0n) is 8.94. The van der Waals surface area contributed by atoms with Crippen molar-refractivity contribution in [2.24, 2.45) is 0 Å². The van der Waals surface area contributed by atoms with Crippen LogP contribution in [0.3, 0.4) is 0 Å². The van der Waals surface area contributed by atoms with Crippen LogP contribution in [0.15, 0.2) is 47.4 Å². The fraction of sp³-hybridized carbons (Fsp3) is 0.385. The van der Waals surface area contributed by atoms with Crippen molar-refractivity contribution in [3.05, 3.63) is 47.4 Å². The van der Waals surface area contributed by atoms with E-state index in [1.54, 1.807) is 0 Å². The van der Waals surface area contributed by atoms with Gasteiger partial charge in [0.15, 0.2) is 0 Å². The molecular formula is C13H17F. The highest BCUT2D eigenvalue weighted by atomic mass is 19.1. The fourth-order valence-electron chi connectivity index (χ4n) is 1.60. The molecule has 1 aliphatic rings. The minimum absolute atomic E-state index is 0.234. The van der Waals surface area contributed by atoms with E-state index in [4.69, 9.17) is 0 Å². The summed E-state index contributed by atoms with van der Waals surface area (Å²) in [6.45, 7) is 7.49. The topological polar surface area (TPSA) is 0 Å². The summed E-state index contributed by atoms with van der Waals surface area (Å²) in [6, 6.07) is 0. The Bertz CT molecular complexity index is 316. The molecule has 0 unspecified atom stereocenters. The van der Waals surface area contributed by atoms with Gasteiger partial charge in [-0.3, -0.25) is 0 Å². The smallest absolute Gasteiger partial charge is 0.0931 e. The molecule has 0 heterocycles. The summed E-state index contributed by atoms with van der Waals surface area (Å²) in [4.78, 5) is 0. The number of rotatable bonds is 3. The van der Waals surface area contributed by atoms with Crippen LogP contribution in [0.1, 0.15) is 33.1 Å². The molecule has 0 aromatic heterocycles. The molecule has 1 heteroatoms. The van der Waals surface area contributed by atoms with Crippen molar-refractivity contribution in [3.8, 4) is 0 Å². The Kier molecular flexibility index (Phi) is 3.87. The summed E-state index contributed by atoms with van der Waals surface area (Å²) in [5.74, 6) is -0.234. The second-order valence-electron chi connectivity index (χ2n) is 3.94. The highest BCUT2D eigenvalue weighted by Gasteiger charge is 2.01. The van der Waals surface area contributed by atoms with Gasteiger partial charge in [-0.1, -0.05) is 36.0 Å². The molecule has 0 N–H and O–H groups in total. The van der Waals surface area contributed by atoms with Gasteiger partial charge in [-0.15, -0.1) is 0 Å². The van der Waals surface area contributed by atoms with Gasteiger partial charge >= 0.3 is 0 Å². The van der Waals surface area contributed by atoms with E-state index in [0.717, 1.165) is 12.8 Å². The van der Waals surface area contributed by atoms with Gasteiger partial charge in [-0.05, 0) is 32.3 Å². The van der Waals surface area contributed by atoms with Crippen molar-refractivity contribution in [2.75, 3.05) is 0 Å². The number of hydrogen-bond acceptors (Lipinski definition) is 0. The van der Waals surface area contributed by atoms with Crippen LogP contribution >= 0.6 is 0 Å². The van der Waals surface area contributed by atoms with E-state index < -0.39 is 0 Å². The lowest BCUT2D eigenvalue weighted by molar-refractivity contribution is 0.593. The first kappa shape index (κ1) is 11.0. The Hall–Kier alpha value is -1.11. The van der Waals surface area contributed by atoms with Crippen LogP contribution in [0.4, 0.5) is 4.39 Å². The zero-order valence-corrected chi connectivity index (χ0v) is 8.94. The Morgan fingerprint density at radius 3 is 2.71 bits per heavy atom. The molecule has 0 nitrogen and oxygen atoms in total. The average molecular weight is 192 g/mol. The van der Waals surface area contributed by atoms with Crippen LogP contribution in [0.25, 0.3) is 0 Å². The van der Waals surface area contributed by atoms with Crippen molar-refractivity contribution in [2.45, 2.75) is 33.1 Å². The molecule has 1 rings (SSSR count). The van der Waals surface area contributed by atoms with Crippen LogP contribution in [0, 0.1) is 0 Å². The standard InChI is InChI=1S/C13H17F/c1-10-4-6-13(7-5-12(3)14)9-11(2)8-10/h4,6,9H,3,5,7-8H2,1-2H3.